The number of ether oxygens (including phenoxy) is 1. The molecule has 0 saturated heterocycles. The molecule has 1 amide bonds. The summed E-state index contributed by atoms with van der Waals surface area (Å²) in [5, 5.41) is 3.72. The summed E-state index contributed by atoms with van der Waals surface area (Å²) >= 11 is 0. The molecule has 2 aromatic heterocycles. The van der Waals surface area contributed by atoms with Crippen LogP contribution in [0.5, 0.6) is 5.75 Å². The zero-order valence-electron chi connectivity index (χ0n) is 18.1. The molecule has 1 N–H and O–H groups in total. The van der Waals surface area contributed by atoms with E-state index in [2.05, 4.69) is 5.32 Å². The van der Waals surface area contributed by atoms with Gasteiger partial charge in [-0.2, -0.15) is 0 Å². The highest BCUT2D eigenvalue weighted by molar-refractivity contribution is 5.97. The predicted molar refractivity (Wildman–Crippen MR) is 128 cm³/mol. The Labute approximate surface area is 197 Å². The normalized spacial score (nSPS) is 10.9. The smallest absolute Gasteiger partial charge is 0.351 e. The number of para-hydroxylation sites is 1. The van der Waals surface area contributed by atoms with Crippen molar-refractivity contribution in [2.45, 2.75) is 6.54 Å². The lowest BCUT2D eigenvalue weighted by Crippen LogP contribution is -2.27. The van der Waals surface area contributed by atoms with Crippen molar-refractivity contribution in [1.29, 1.82) is 0 Å². The van der Waals surface area contributed by atoms with Crippen LogP contribution in [0.25, 0.3) is 21.9 Å². The highest BCUT2D eigenvalue weighted by atomic mass is 16.5. The van der Waals surface area contributed by atoms with Crippen LogP contribution in [0, 0.1) is 0 Å². The zero-order valence-corrected chi connectivity index (χ0v) is 18.1. The number of carbonyl (C=O) groups excluding carboxylic acids is 2. The number of hydrogen-bond acceptors (Lipinski definition) is 7. The number of carbonyl (C=O) groups is 2. The van der Waals surface area contributed by atoms with Crippen LogP contribution in [0.4, 0.5) is 0 Å². The molecule has 0 aliphatic rings. The van der Waals surface area contributed by atoms with Gasteiger partial charge in [-0.05, 0) is 35.9 Å². The first-order chi connectivity index (χ1) is 17.0. The van der Waals surface area contributed by atoms with E-state index in [1.807, 2.05) is 30.3 Å². The number of esters is 1. The van der Waals surface area contributed by atoms with Crippen LogP contribution in [0.1, 0.15) is 26.3 Å². The van der Waals surface area contributed by atoms with Crippen molar-refractivity contribution < 1.29 is 23.2 Å². The molecule has 5 aromatic rings. The monoisotopic (exact) mass is 467 g/mol. The number of fused-ring (bicyclic) bond motifs is 2. The fraction of sp³-hybridized carbons (Fsp3) is 0.0370. The molecule has 0 aliphatic carbocycles. The van der Waals surface area contributed by atoms with Gasteiger partial charge in [-0.25, -0.2) is 14.4 Å². The minimum atomic E-state index is -0.914. The molecule has 3 aromatic carbocycles. The van der Waals surface area contributed by atoms with E-state index in [0.29, 0.717) is 16.4 Å². The van der Waals surface area contributed by atoms with Crippen LogP contribution in [-0.2, 0) is 6.54 Å². The first kappa shape index (κ1) is 21.8. The van der Waals surface area contributed by atoms with Crippen molar-refractivity contribution in [3.8, 4) is 5.75 Å². The van der Waals surface area contributed by atoms with E-state index < -0.39 is 23.1 Å². The van der Waals surface area contributed by atoms with Gasteiger partial charge in [0.25, 0.3) is 5.91 Å². The molecule has 2 heterocycles. The molecular weight excluding hydrogens is 450 g/mol. The molecule has 0 fully saturated rings. The number of rotatable bonds is 5. The van der Waals surface area contributed by atoms with Crippen LogP contribution in [0.3, 0.4) is 0 Å². The first-order valence-corrected chi connectivity index (χ1v) is 10.6. The van der Waals surface area contributed by atoms with E-state index in [9.17, 15) is 19.2 Å². The van der Waals surface area contributed by atoms with Gasteiger partial charge in [0.05, 0.1) is 0 Å². The predicted octanol–water partition coefficient (Wildman–Crippen LogP) is 4.05. The van der Waals surface area contributed by atoms with Gasteiger partial charge in [0.1, 0.15) is 28.0 Å². The van der Waals surface area contributed by atoms with E-state index in [1.165, 1.54) is 30.3 Å². The van der Waals surface area contributed by atoms with Crippen molar-refractivity contribution >= 4 is 33.8 Å². The number of benzene rings is 3. The van der Waals surface area contributed by atoms with Crippen LogP contribution >= 0.6 is 0 Å². The average molecular weight is 467 g/mol. The molecule has 0 unspecified atom stereocenters. The van der Waals surface area contributed by atoms with Gasteiger partial charge in [0, 0.05) is 23.4 Å². The Bertz CT molecular complexity index is 1700. The average Bonchev–Trinajstić information content (AvgIpc) is 2.87. The fourth-order valence-electron chi connectivity index (χ4n) is 3.55. The Balaban J connectivity index is 1.37. The van der Waals surface area contributed by atoms with E-state index >= 15 is 0 Å². The van der Waals surface area contributed by atoms with E-state index in [-0.39, 0.29) is 29.0 Å². The summed E-state index contributed by atoms with van der Waals surface area (Å²) in [7, 11) is 0. The third kappa shape index (κ3) is 4.58. The molecule has 0 bridgehead atoms. The van der Waals surface area contributed by atoms with Gasteiger partial charge in [0.15, 0.2) is 0 Å². The molecule has 0 radical (unpaired) electrons. The van der Waals surface area contributed by atoms with Crippen molar-refractivity contribution in [3.05, 3.63) is 122 Å². The van der Waals surface area contributed by atoms with Crippen LogP contribution < -0.4 is 21.3 Å². The SMILES string of the molecule is O=C(NCc1ccccc1)c1cc2ccc(OC(=O)c3cc4ccccc4oc3=O)cc2oc1=O. The lowest BCUT2D eigenvalue weighted by atomic mass is 10.1. The van der Waals surface area contributed by atoms with Gasteiger partial charge in [-0.3, -0.25) is 4.79 Å². The minimum absolute atomic E-state index is 0.0551. The fourth-order valence-corrected chi connectivity index (χ4v) is 3.55. The van der Waals surface area contributed by atoms with E-state index in [4.69, 9.17) is 13.6 Å². The third-order valence-electron chi connectivity index (χ3n) is 5.32. The highest BCUT2D eigenvalue weighted by Gasteiger charge is 2.18. The Morgan fingerprint density at radius 1 is 0.714 bits per heavy atom. The number of hydrogen-bond donors (Lipinski definition) is 1. The van der Waals surface area contributed by atoms with E-state index in [1.54, 1.807) is 24.3 Å². The van der Waals surface area contributed by atoms with Crippen molar-refractivity contribution in [2.24, 2.45) is 0 Å². The Morgan fingerprint density at radius 2 is 1.37 bits per heavy atom. The van der Waals surface area contributed by atoms with Crippen molar-refractivity contribution in [1.82, 2.24) is 5.32 Å². The van der Waals surface area contributed by atoms with Gasteiger partial charge < -0.3 is 18.9 Å². The molecular formula is C27H17NO7. The second-order valence-corrected chi connectivity index (χ2v) is 7.69. The van der Waals surface area contributed by atoms with Gasteiger partial charge in [-0.15, -0.1) is 0 Å². The minimum Gasteiger partial charge on any atom is -0.423 e. The molecule has 0 aliphatic heterocycles. The quantitative estimate of drug-likeness (QED) is 0.236. The summed E-state index contributed by atoms with van der Waals surface area (Å²) in [5.74, 6) is -1.43. The second kappa shape index (κ2) is 9.11. The topological polar surface area (TPSA) is 116 Å². The molecule has 5 rings (SSSR count). The van der Waals surface area contributed by atoms with Crippen LogP contribution in [-0.4, -0.2) is 11.9 Å². The molecule has 0 atom stereocenters. The molecule has 172 valence electrons. The van der Waals surface area contributed by atoms with Gasteiger partial charge in [0.2, 0.25) is 0 Å². The van der Waals surface area contributed by atoms with E-state index in [0.717, 1.165) is 5.56 Å². The highest BCUT2D eigenvalue weighted by Crippen LogP contribution is 2.22. The molecule has 8 nitrogen and oxygen atoms in total. The first-order valence-electron chi connectivity index (χ1n) is 10.6. The maximum atomic E-state index is 12.6. The Hall–Kier alpha value is -4.98. The van der Waals surface area contributed by atoms with Crippen molar-refractivity contribution in [2.75, 3.05) is 0 Å². The summed E-state index contributed by atoms with van der Waals surface area (Å²) in [6.45, 7) is 0.259. The van der Waals surface area contributed by atoms with Crippen LogP contribution in [0.2, 0.25) is 0 Å². The summed E-state index contributed by atoms with van der Waals surface area (Å²) in [4.78, 5) is 49.7. The lowest BCUT2D eigenvalue weighted by molar-refractivity contribution is 0.0730. The summed E-state index contributed by atoms with van der Waals surface area (Å²) < 4.78 is 15.8. The largest absolute Gasteiger partial charge is 0.423 e. The molecule has 35 heavy (non-hydrogen) atoms. The van der Waals surface area contributed by atoms with Gasteiger partial charge in [-0.1, -0.05) is 48.5 Å². The maximum Gasteiger partial charge on any atom is 0.351 e. The lowest BCUT2D eigenvalue weighted by Gasteiger charge is -2.07. The standard InChI is InChI=1S/C27H17NO7/c29-24(28-15-16-6-2-1-3-7-16)20-12-18-10-11-19(14-23(18)35-25(20)30)33-26(31)21-13-17-8-4-5-9-22(17)34-27(21)32/h1-14H,15H2,(H,28,29). The summed E-state index contributed by atoms with van der Waals surface area (Å²) in [6, 6.07) is 23.2. The summed E-state index contributed by atoms with van der Waals surface area (Å²) in [5.41, 5.74) is -0.718. The Morgan fingerprint density at radius 3 is 2.20 bits per heavy atom. The molecule has 8 heteroatoms. The van der Waals surface area contributed by atoms with Crippen molar-refractivity contribution in [3.63, 3.8) is 0 Å². The summed E-state index contributed by atoms with van der Waals surface area (Å²) in [6.07, 6.45) is 0. The van der Waals surface area contributed by atoms with Crippen LogP contribution in [0.15, 0.2) is 103 Å². The molecule has 0 spiro atoms. The second-order valence-electron chi connectivity index (χ2n) is 7.69. The third-order valence-corrected chi connectivity index (χ3v) is 5.32. The number of amides is 1. The number of nitrogens with one attached hydrogen (secondary N) is 1. The maximum absolute atomic E-state index is 12.6. The zero-order chi connectivity index (χ0) is 24.4. The molecule has 0 saturated carbocycles. The van der Waals surface area contributed by atoms with Gasteiger partial charge >= 0.3 is 17.2 Å². The Kier molecular flexibility index (Phi) is 5.68.